The number of carbonyl (C=O) groups is 1. The van der Waals surface area contributed by atoms with E-state index in [1.807, 2.05) is 19.0 Å². The maximum Gasteiger partial charge on any atom is 0.307 e. The highest BCUT2D eigenvalue weighted by Gasteiger charge is 2.25. The summed E-state index contributed by atoms with van der Waals surface area (Å²) >= 11 is 0. The fourth-order valence-corrected chi connectivity index (χ4v) is 1.23. The minimum atomic E-state index is -0.861. The first-order valence-electron chi connectivity index (χ1n) is 5.11. The number of aliphatic carboxylic acids is 1. The van der Waals surface area contributed by atoms with E-state index in [1.165, 1.54) is 0 Å². The van der Waals surface area contributed by atoms with Crippen LogP contribution in [0.4, 0.5) is 0 Å². The van der Waals surface area contributed by atoms with Gasteiger partial charge in [0.25, 0.3) is 0 Å². The maximum absolute atomic E-state index is 10.8. The zero-order chi connectivity index (χ0) is 12.3. The first-order valence-corrected chi connectivity index (χ1v) is 5.11. The number of hydrogen-bond acceptors (Lipinski definition) is 5. The molecule has 2 unspecified atom stereocenters. The Balaban J connectivity index is 2.73. The van der Waals surface area contributed by atoms with Gasteiger partial charge in [-0.15, -0.1) is 0 Å². The second-order valence-corrected chi connectivity index (χ2v) is 4.20. The van der Waals surface area contributed by atoms with Crippen molar-refractivity contribution < 1.29 is 14.4 Å². The average Bonchev–Trinajstić information content (AvgIpc) is 2.62. The molecule has 90 valence electrons. The van der Waals surface area contributed by atoms with E-state index in [2.05, 4.69) is 10.1 Å². The van der Waals surface area contributed by atoms with Crippen molar-refractivity contribution in [3.8, 4) is 0 Å². The SMILES string of the molecule is CC(C(=O)O)C(C)c1nc(CN(C)C)no1. The van der Waals surface area contributed by atoms with Crippen molar-refractivity contribution in [2.24, 2.45) is 5.92 Å². The lowest BCUT2D eigenvalue weighted by atomic mass is 9.96. The van der Waals surface area contributed by atoms with E-state index in [9.17, 15) is 4.79 Å². The molecule has 0 amide bonds. The molecule has 1 aromatic rings. The van der Waals surface area contributed by atoms with Crippen LogP contribution in [0.5, 0.6) is 0 Å². The molecule has 1 N–H and O–H groups in total. The topological polar surface area (TPSA) is 79.5 Å². The molecule has 1 heterocycles. The third-order valence-electron chi connectivity index (χ3n) is 2.47. The molecule has 0 aliphatic rings. The van der Waals surface area contributed by atoms with Crippen molar-refractivity contribution >= 4 is 5.97 Å². The van der Waals surface area contributed by atoms with Crippen molar-refractivity contribution in [1.82, 2.24) is 15.0 Å². The fraction of sp³-hybridized carbons (Fsp3) is 0.700. The molecule has 0 saturated heterocycles. The van der Waals surface area contributed by atoms with Gasteiger partial charge in [0.1, 0.15) is 0 Å². The lowest BCUT2D eigenvalue weighted by Gasteiger charge is -2.10. The summed E-state index contributed by atoms with van der Waals surface area (Å²) in [6.45, 7) is 3.98. The van der Waals surface area contributed by atoms with Gasteiger partial charge < -0.3 is 14.5 Å². The molecular formula is C10H17N3O3. The van der Waals surface area contributed by atoms with Crippen molar-refractivity contribution in [2.75, 3.05) is 14.1 Å². The fourth-order valence-electron chi connectivity index (χ4n) is 1.23. The Morgan fingerprint density at radius 3 is 2.62 bits per heavy atom. The van der Waals surface area contributed by atoms with Crippen molar-refractivity contribution in [3.63, 3.8) is 0 Å². The van der Waals surface area contributed by atoms with Crippen LogP contribution in [0.3, 0.4) is 0 Å². The Kier molecular flexibility index (Phi) is 4.00. The highest BCUT2D eigenvalue weighted by atomic mass is 16.5. The molecule has 1 rings (SSSR count). The second kappa shape index (κ2) is 5.07. The Bertz CT molecular complexity index is 362. The number of aromatic nitrogens is 2. The molecule has 6 heteroatoms. The summed E-state index contributed by atoms with van der Waals surface area (Å²) in [4.78, 5) is 16.9. The molecule has 6 nitrogen and oxygen atoms in total. The van der Waals surface area contributed by atoms with E-state index >= 15 is 0 Å². The van der Waals surface area contributed by atoms with Crippen LogP contribution in [0.1, 0.15) is 31.5 Å². The summed E-state index contributed by atoms with van der Waals surface area (Å²) in [5, 5.41) is 12.7. The van der Waals surface area contributed by atoms with Crippen molar-refractivity contribution in [3.05, 3.63) is 11.7 Å². The highest BCUT2D eigenvalue weighted by molar-refractivity contribution is 5.70. The molecule has 0 aromatic carbocycles. The number of carboxylic acid groups (broad SMARTS) is 1. The Morgan fingerprint density at radius 2 is 2.12 bits per heavy atom. The smallest absolute Gasteiger partial charge is 0.307 e. The standard InChI is InChI=1S/C10H17N3O3/c1-6(7(2)10(14)15)9-11-8(12-16-9)5-13(3)4/h6-7H,5H2,1-4H3,(H,14,15). The van der Waals surface area contributed by atoms with Gasteiger partial charge >= 0.3 is 5.97 Å². The lowest BCUT2D eigenvalue weighted by molar-refractivity contribution is -0.141. The van der Waals surface area contributed by atoms with E-state index in [4.69, 9.17) is 9.63 Å². The molecule has 0 fully saturated rings. The number of rotatable bonds is 5. The van der Waals surface area contributed by atoms with E-state index in [0.29, 0.717) is 18.3 Å². The minimum absolute atomic E-state index is 0.277. The maximum atomic E-state index is 10.8. The molecule has 0 aliphatic heterocycles. The van der Waals surface area contributed by atoms with E-state index in [0.717, 1.165) is 0 Å². The molecule has 1 aromatic heterocycles. The van der Waals surface area contributed by atoms with Crippen LogP contribution in [0.25, 0.3) is 0 Å². The Labute approximate surface area is 94.3 Å². The number of carboxylic acids is 1. The monoisotopic (exact) mass is 227 g/mol. The molecule has 2 atom stereocenters. The normalized spacial score (nSPS) is 15.1. The zero-order valence-corrected chi connectivity index (χ0v) is 9.97. The highest BCUT2D eigenvalue weighted by Crippen LogP contribution is 2.22. The summed E-state index contributed by atoms with van der Waals surface area (Å²) < 4.78 is 5.05. The quantitative estimate of drug-likeness (QED) is 0.807. The van der Waals surface area contributed by atoms with Crippen LogP contribution in [0.2, 0.25) is 0 Å². The molecule has 0 saturated carbocycles. The number of hydrogen-bond donors (Lipinski definition) is 1. The largest absolute Gasteiger partial charge is 0.481 e. The van der Waals surface area contributed by atoms with Crippen molar-refractivity contribution in [2.45, 2.75) is 26.3 Å². The number of nitrogens with zero attached hydrogens (tertiary/aromatic N) is 3. The van der Waals surface area contributed by atoms with Crippen LogP contribution in [-0.2, 0) is 11.3 Å². The van der Waals surface area contributed by atoms with Gasteiger partial charge in [0.2, 0.25) is 5.89 Å². The first kappa shape index (κ1) is 12.6. The molecule has 0 spiro atoms. The first-order chi connectivity index (χ1) is 7.41. The zero-order valence-electron chi connectivity index (χ0n) is 9.97. The van der Waals surface area contributed by atoms with E-state index < -0.39 is 11.9 Å². The molecule has 0 radical (unpaired) electrons. The molecule has 16 heavy (non-hydrogen) atoms. The van der Waals surface area contributed by atoms with E-state index in [1.54, 1.807) is 13.8 Å². The summed E-state index contributed by atoms with van der Waals surface area (Å²) in [7, 11) is 3.80. The predicted octanol–water partition coefficient (Wildman–Crippen LogP) is 0.955. The van der Waals surface area contributed by atoms with Crippen LogP contribution in [-0.4, -0.2) is 40.2 Å². The van der Waals surface area contributed by atoms with Crippen molar-refractivity contribution in [1.29, 1.82) is 0 Å². The predicted molar refractivity (Wildman–Crippen MR) is 56.9 cm³/mol. The molecular weight excluding hydrogens is 210 g/mol. The van der Waals surface area contributed by atoms with Gasteiger partial charge in [0, 0.05) is 5.92 Å². The van der Waals surface area contributed by atoms with Gasteiger partial charge in [-0.05, 0) is 14.1 Å². The van der Waals surface area contributed by atoms with Crippen LogP contribution >= 0.6 is 0 Å². The van der Waals surface area contributed by atoms with Gasteiger partial charge in [-0.1, -0.05) is 19.0 Å². The summed E-state index contributed by atoms with van der Waals surface area (Å²) in [5.74, 6) is -0.718. The lowest BCUT2D eigenvalue weighted by Crippen LogP contribution is -2.17. The van der Waals surface area contributed by atoms with Gasteiger partial charge in [0.05, 0.1) is 12.5 Å². The summed E-state index contributed by atoms with van der Waals surface area (Å²) in [6.07, 6.45) is 0. The van der Waals surface area contributed by atoms with Gasteiger partial charge in [0.15, 0.2) is 5.82 Å². The summed E-state index contributed by atoms with van der Waals surface area (Å²) in [5.41, 5.74) is 0. The van der Waals surface area contributed by atoms with Gasteiger partial charge in [-0.3, -0.25) is 4.79 Å². The molecule has 0 aliphatic carbocycles. The Hall–Kier alpha value is -1.43. The minimum Gasteiger partial charge on any atom is -0.481 e. The van der Waals surface area contributed by atoms with Crippen LogP contribution in [0.15, 0.2) is 4.52 Å². The van der Waals surface area contributed by atoms with E-state index in [-0.39, 0.29) is 5.92 Å². The third kappa shape index (κ3) is 3.03. The van der Waals surface area contributed by atoms with Crippen LogP contribution in [0, 0.1) is 5.92 Å². The van der Waals surface area contributed by atoms with Gasteiger partial charge in [-0.2, -0.15) is 4.98 Å². The summed E-state index contributed by atoms with van der Waals surface area (Å²) in [6, 6.07) is 0. The average molecular weight is 227 g/mol. The second-order valence-electron chi connectivity index (χ2n) is 4.20. The van der Waals surface area contributed by atoms with Gasteiger partial charge in [-0.25, -0.2) is 0 Å². The van der Waals surface area contributed by atoms with Crippen LogP contribution < -0.4 is 0 Å². The molecule has 0 bridgehead atoms. The third-order valence-corrected chi connectivity index (χ3v) is 2.47. The Morgan fingerprint density at radius 1 is 1.50 bits per heavy atom.